The van der Waals surface area contributed by atoms with Crippen molar-refractivity contribution in [2.24, 2.45) is 0 Å². The molecule has 0 aliphatic heterocycles. The molecule has 0 aromatic heterocycles. The topological polar surface area (TPSA) is 43.4 Å². The minimum atomic E-state index is -0.809. The number of carbonyl (C=O) groups is 2. The van der Waals surface area contributed by atoms with E-state index < -0.39 is 11.9 Å². The van der Waals surface area contributed by atoms with Gasteiger partial charge in [-0.25, -0.2) is 0 Å². The van der Waals surface area contributed by atoms with Crippen molar-refractivity contribution in [2.75, 3.05) is 6.61 Å². The average Bonchev–Trinajstić information content (AvgIpc) is 2.39. The first-order valence-corrected chi connectivity index (χ1v) is 6.44. The largest absolute Gasteiger partial charge is 0.461 e. The Hall–Kier alpha value is -1.90. The van der Waals surface area contributed by atoms with E-state index in [1.165, 1.54) is 0 Å². The summed E-state index contributed by atoms with van der Waals surface area (Å²) in [5, 5.41) is 0. The van der Waals surface area contributed by atoms with Crippen LogP contribution in [-0.4, -0.2) is 18.4 Å². The van der Waals surface area contributed by atoms with Crippen LogP contribution in [0.5, 0.6) is 0 Å². The van der Waals surface area contributed by atoms with Crippen molar-refractivity contribution in [3.8, 4) is 0 Å². The summed E-state index contributed by atoms with van der Waals surface area (Å²) in [5.41, 5.74) is 1.77. The number of ether oxygens (including phenoxy) is 1. The zero-order valence-corrected chi connectivity index (χ0v) is 11.7. The second-order valence-corrected chi connectivity index (χ2v) is 4.58. The maximum atomic E-state index is 12.1. The Balaban J connectivity index is 2.84. The Bertz CT molecular complexity index is 456. The lowest BCUT2D eigenvalue weighted by Crippen LogP contribution is -2.23. The third kappa shape index (κ3) is 4.70. The smallest absolute Gasteiger partial charge is 0.321 e. The lowest BCUT2D eigenvalue weighted by Gasteiger charge is -2.14. The molecule has 0 spiro atoms. The summed E-state index contributed by atoms with van der Waals surface area (Å²) in [5.74, 6) is -1.40. The zero-order valence-electron chi connectivity index (χ0n) is 11.7. The molecule has 1 atom stereocenters. The van der Waals surface area contributed by atoms with Gasteiger partial charge in [0.2, 0.25) is 0 Å². The van der Waals surface area contributed by atoms with Crippen molar-refractivity contribution < 1.29 is 14.3 Å². The highest BCUT2D eigenvalue weighted by molar-refractivity contribution is 6.04. The lowest BCUT2D eigenvalue weighted by molar-refractivity contribution is -0.147. The SMILES string of the molecule is CCC(=O)C(C(=O)OCC=C(C)C)c1ccccc1. The fourth-order valence-electron chi connectivity index (χ4n) is 1.68. The summed E-state index contributed by atoms with van der Waals surface area (Å²) >= 11 is 0. The van der Waals surface area contributed by atoms with E-state index >= 15 is 0 Å². The predicted octanol–water partition coefficient (Wildman–Crippen LogP) is 3.26. The van der Waals surface area contributed by atoms with Gasteiger partial charge in [-0.05, 0) is 25.5 Å². The van der Waals surface area contributed by atoms with Crippen LogP contribution in [0.3, 0.4) is 0 Å². The van der Waals surface area contributed by atoms with Crippen molar-refractivity contribution in [3.63, 3.8) is 0 Å². The third-order valence-electron chi connectivity index (χ3n) is 2.76. The monoisotopic (exact) mass is 260 g/mol. The molecule has 102 valence electrons. The van der Waals surface area contributed by atoms with Crippen LogP contribution >= 0.6 is 0 Å². The predicted molar refractivity (Wildman–Crippen MR) is 74.9 cm³/mol. The molecule has 3 nitrogen and oxygen atoms in total. The lowest BCUT2D eigenvalue weighted by atomic mass is 9.93. The highest BCUT2D eigenvalue weighted by Gasteiger charge is 2.28. The van der Waals surface area contributed by atoms with Gasteiger partial charge in [0.25, 0.3) is 0 Å². The number of ketones is 1. The Morgan fingerprint density at radius 3 is 2.37 bits per heavy atom. The number of Topliss-reactive ketones (excluding diaryl/α,β-unsaturated/α-hetero) is 1. The van der Waals surface area contributed by atoms with Gasteiger partial charge in [0.05, 0.1) is 0 Å². The van der Waals surface area contributed by atoms with Gasteiger partial charge in [0.1, 0.15) is 12.5 Å². The molecule has 1 unspecified atom stereocenters. The summed E-state index contributed by atoms with van der Waals surface area (Å²) in [4.78, 5) is 24.0. The fraction of sp³-hybridized carbons (Fsp3) is 0.375. The minimum absolute atomic E-state index is 0.117. The number of benzene rings is 1. The van der Waals surface area contributed by atoms with Crippen LogP contribution in [0, 0.1) is 0 Å². The number of esters is 1. The van der Waals surface area contributed by atoms with Gasteiger partial charge in [-0.1, -0.05) is 42.8 Å². The molecule has 0 aliphatic rings. The molecule has 0 aliphatic carbocycles. The van der Waals surface area contributed by atoms with Crippen LogP contribution in [0.15, 0.2) is 42.0 Å². The van der Waals surface area contributed by atoms with E-state index in [2.05, 4.69) is 0 Å². The van der Waals surface area contributed by atoms with Crippen molar-refractivity contribution >= 4 is 11.8 Å². The highest BCUT2D eigenvalue weighted by Crippen LogP contribution is 2.20. The summed E-state index contributed by atoms with van der Waals surface area (Å²) in [6, 6.07) is 9.04. The van der Waals surface area contributed by atoms with Gasteiger partial charge >= 0.3 is 5.97 Å². The molecule has 1 aromatic carbocycles. The van der Waals surface area contributed by atoms with Gasteiger partial charge < -0.3 is 4.74 Å². The summed E-state index contributed by atoms with van der Waals surface area (Å²) in [6.45, 7) is 5.82. The second-order valence-electron chi connectivity index (χ2n) is 4.58. The first kappa shape index (κ1) is 15.2. The van der Waals surface area contributed by atoms with Crippen molar-refractivity contribution in [1.82, 2.24) is 0 Å². The molecular formula is C16H20O3. The maximum absolute atomic E-state index is 12.1. The van der Waals surface area contributed by atoms with Crippen LogP contribution in [0.25, 0.3) is 0 Å². The van der Waals surface area contributed by atoms with E-state index in [0.29, 0.717) is 12.0 Å². The van der Waals surface area contributed by atoms with Gasteiger partial charge in [-0.3, -0.25) is 9.59 Å². The molecule has 0 fully saturated rings. The van der Waals surface area contributed by atoms with E-state index in [-0.39, 0.29) is 12.4 Å². The minimum Gasteiger partial charge on any atom is -0.461 e. The molecule has 19 heavy (non-hydrogen) atoms. The number of allylic oxidation sites excluding steroid dienone is 1. The molecule has 0 bridgehead atoms. The van der Waals surface area contributed by atoms with E-state index in [0.717, 1.165) is 5.57 Å². The first-order chi connectivity index (χ1) is 9.06. The highest BCUT2D eigenvalue weighted by atomic mass is 16.5. The van der Waals surface area contributed by atoms with Crippen LogP contribution < -0.4 is 0 Å². The number of hydrogen-bond donors (Lipinski definition) is 0. The van der Waals surface area contributed by atoms with Gasteiger partial charge in [0.15, 0.2) is 5.78 Å². The van der Waals surface area contributed by atoms with Gasteiger partial charge in [0, 0.05) is 6.42 Å². The molecule has 0 saturated heterocycles. The second kappa shape index (κ2) is 7.52. The summed E-state index contributed by atoms with van der Waals surface area (Å²) in [7, 11) is 0. The van der Waals surface area contributed by atoms with E-state index in [9.17, 15) is 9.59 Å². The Morgan fingerprint density at radius 2 is 1.84 bits per heavy atom. The van der Waals surface area contributed by atoms with E-state index in [1.807, 2.05) is 38.1 Å². The molecule has 0 heterocycles. The maximum Gasteiger partial charge on any atom is 0.321 e. The molecular weight excluding hydrogens is 240 g/mol. The van der Waals surface area contributed by atoms with E-state index in [1.54, 1.807) is 19.1 Å². The van der Waals surface area contributed by atoms with Crippen molar-refractivity contribution in [1.29, 1.82) is 0 Å². The molecule has 3 heteroatoms. The summed E-state index contributed by atoms with van der Waals surface area (Å²) in [6.07, 6.45) is 2.13. The molecule has 0 radical (unpaired) electrons. The third-order valence-corrected chi connectivity index (χ3v) is 2.76. The standard InChI is InChI=1S/C16H20O3/c1-4-14(17)15(13-8-6-5-7-9-13)16(18)19-11-10-12(2)3/h5-10,15H,4,11H2,1-3H3. The number of hydrogen-bond acceptors (Lipinski definition) is 3. The quantitative estimate of drug-likeness (QED) is 0.448. The van der Waals surface area contributed by atoms with Crippen molar-refractivity contribution in [3.05, 3.63) is 47.5 Å². The normalized spacial score (nSPS) is 11.5. The number of rotatable bonds is 6. The van der Waals surface area contributed by atoms with Gasteiger partial charge in [-0.2, -0.15) is 0 Å². The van der Waals surface area contributed by atoms with Crippen LogP contribution in [-0.2, 0) is 14.3 Å². The Kier molecular flexibility index (Phi) is 6.00. The molecule has 0 saturated carbocycles. The van der Waals surface area contributed by atoms with E-state index in [4.69, 9.17) is 4.74 Å². The Morgan fingerprint density at radius 1 is 1.21 bits per heavy atom. The van der Waals surface area contributed by atoms with Gasteiger partial charge in [-0.15, -0.1) is 0 Å². The summed E-state index contributed by atoms with van der Waals surface area (Å²) < 4.78 is 5.16. The van der Waals surface area contributed by atoms with Crippen molar-refractivity contribution in [2.45, 2.75) is 33.1 Å². The number of carbonyl (C=O) groups excluding carboxylic acids is 2. The Labute approximate surface area is 114 Å². The zero-order chi connectivity index (χ0) is 14.3. The van der Waals surface area contributed by atoms with Crippen LogP contribution in [0.4, 0.5) is 0 Å². The molecule has 1 aromatic rings. The van der Waals surface area contributed by atoms with Crippen LogP contribution in [0.1, 0.15) is 38.7 Å². The fourth-order valence-corrected chi connectivity index (χ4v) is 1.68. The average molecular weight is 260 g/mol. The molecule has 1 rings (SSSR count). The molecule has 0 amide bonds. The molecule has 0 N–H and O–H groups in total. The van der Waals surface area contributed by atoms with Crippen LogP contribution in [0.2, 0.25) is 0 Å². The first-order valence-electron chi connectivity index (χ1n) is 6.44.